The molecule has 2 aromatic carbocycles. The molecule has 0 amide bonds. The average molecular weight is 343 g/mol. The van der Waals surface area contributed by atoms with Crippen molar-refractivity contribution in [3.63, 3.8) is 0 Å². The highest BCUT2D eigenvalue weighted by Gasteiger charge is 2.26. The molecule has 0 bridgehead atoms. The maximum Gasteiger partial charge on any atom is 0.0602 e. The highest BCUT2D eigenvalue weighted by molar-refractivity contribution is 6.30. The summed E-state index contributed by atoms with van der Waals surface area (Å²) in [5, 5.41) is 0.798. The van der Waals surface area contributed by atoms with Crippen LogP contribution in [-0.2, 0) is 0 Å². The van der Waals surface area contributed by atoms with Crippen molar-refractivity contribution in [1.29, 1.82) is 0 Å². The molecule has 0 N–H and O–H groups in total. The minimum Gasteiger partial charge on any atom is -0.301 e. The van der Waals surface area contributed by atoms with Crippen molar-refractivity contribution < 1.29 is 0 Å². The fourth-order valence-electron chi connectivity index (χ4n) is 3.62. The predicted octanol–water partition coefficient (Wildman–Crippen LogP) is 4.70. The van der Waals surface area contributed by atoms with Crippen LogP contribution in [0.2, 0.25) is 5.02 Å². The molecule has 0 unspecified atom stereocenters. The molecule has 1 heterocycles. The van der Waals surface area contributed by atoms with Crippen molar-refractivity contribution in [2.24, 2.45) is 5.92 Å². The molecule has 0 saturated carbocycles. The largest absolute Gasteiger partial charge is 0.301 e. The minimum atomic E-state index is 0.310. The minimum absolute atomic E-state index is 0.310. The first kappa shape index (κ1) is 17.5. The Labute approximate surface area is 151 Å². The zero-order valence-electron chi connectivity index (χ0n) is 14.7. The summed E-state index contributed by atoms with van der Waals surface area (Å²) in [7, 11) is 0. The smallest absolute Gasteiger partial charge is 0.0602 e. The van der Waals surface area contributed by atoms with Crippen LogP contribution in [0.3, 0.4) is 0 Å². The van der Waals surface area contributed by atoms with Gasteiger partial charge in [0.1, 0.15) is 0 Å². The van der Waals surface area contributed by atoms with Crippen LogP contribution in [0.1, 0.15) is 31.0 Å². The Morgan fingerprint density at radius 3 is 2.00 bits per heavy atom. The van der Waals surface area contributed by atoms with Gasteiger partial charge in [-0.15, -0.1) is 0 Å². The number of nitrogens with zero attached hydrogens (tertiary/aromatic N) is 2. The zero-order valence-corrected chi connectivity index (χ0v) is 15.4. The number of benzene rings is 2. The Morgan fingerprint density at radius 1 is 0.833 bits per heavy atom. The van der Waals surface area contributed by atoms with E-state index in [2.05, 4.69) is 66.1 Å². The van der Waals surface area contributed by atoms with Gasteiger partial charge in [-0.25, -0.2) is 0 Å². The van der Waals surface area contributed by atoms with E-state index < -0.39 is 0 Å². The van der Waals surface area contributed by atoms with Gasteiger partial charge in [0.05, 0.1) is 6.04 Å². The van der Waals surface area contributed by atoms with Crippen LogP contribution in [0.4, 0.5) is 0 Å². The van der Waals surface area contributed by atoms with Crippen LogP contribution in [-0.4, -0.2) is 42.5 Å². The Bertz CT molecular complexity index is 616. The van der Waals surface area contributed by atoms with E-state index in [0.29, 0.717) is 6.04 Å². The molecule has 128 valence electrons. The number of rotatable bonds is 5. The van der Waals surface area contributed by atoms with Crippen LogP contribution in [0, 0.1) is 5.92 Å². The lowest BCUT2D eigenvalue weighted by Gasteiger charge is -2.40. The predicted molar refractivity (Wildman–Crippen MR) is 103 cm³/mol. The summed E-state index contributed by atoms with van der Waals surface area (Å²) in [5.74, 6) is 0.734. The Morgan fingerprint density at radius 2 is 1.42 bits per heavy atom. The number of hydrogen-bond acceptors (Lipinski definition) is 2. The maximum absolute atomic E-state index is 6.10. The monoisotopic (exact) mass is 342 g/mol. The number of halogens is 1. The molecule has 1 aliphatic heterocycles. The molecule has 0 radical (unpaired) electrons. The van der Waals surface area contributed by atoms with Gasteiger partial charge in [0.2, 0.25) is 0 Å². The Hall–Kier alpha value is -1.35. The van der Waals surface area contributed by atoms with Gasteiger partial charge in [0.25, 0.3) is 0 Å². The van der Waals surface area contributed by atoms with E-state index in [9.17, 15) is 0 Å². The van der Waals surface area contributed by atoms with Crippen LogP contribution in [0.15, 0.2) is 54.6 Å². The fourth-order valence-corrected chi connectivity index (χ4v) is 3.74. The van der Waals surface area contributed by atoms with Gasteiger partial charge in [-0.1, -0.05) is 67.9 Å². The highest BCUT2D eigenvalue weighted by atomic mass is 35.5. The molecule has 2 aromatic rings. The molecule has 3 rings (SSSR count). The molecule has 0 aromatic heterocycles. The molecule has 2 nitrogen and oxygen atoms in total. The van der Waals surface area contributed by atoms with Crippen LogP contribution in [0.5, 0.6) is 0 Å². The van der Waals surface area contributed by atoms with Crippen molar-refractivity contribution in [3.8, 4) is 0 Å². The van der Waals surface area contributed by atoms with E-state index >= 15 is 0 Å². The van der Waals surface area contributed by atoms with Crippen molar-refractivity contribution in [3.05, 3.63) is 70.7 Å². The van der Waals surface area contributed by atoms with Gasteiger partial charge in [0, 0.05) is 37.7 Å². The van der Waals surface area contributed by atoms with E-state index in [0.717, 1.165) is 37.1 Å². The van der Waals surface area contributed by atoms with Crippen molar-refractivity contribution in [2.75, 3.05) is 32.7 Å². The second-order valence-corrected chi connectivity index (χ2v) is 7.53. The molecule has 1 saturated heterocycles. The van der Waals surface area contributed by atoms with E-state index in [1.54, 1.807) is 0 Å². The maximum atomic E-state index is 6.10. The molecule has 1 aliphatic rings. The highest BCUT2D eigenvalue weighted by Crippen LogP contribution is 2.30. The SMILES string of the molecule is CC(C)CN1CCN([C@@H](c2ccccc2)c2ccc(Cl)cc2)CC1. The normalized spacial score (nSPS) is 18.0. The Balaban J connectivity index is 1.80. The molecule has 1 fully saturated rings. The van der Waals surface area contributed by atoms with Gasteiger partial charge in [0.15, 0.2) is 0 Å². The molecular weight excluding hydrogens is 316 g/mol. The first-order valence-corrected chi connectivity index (χ1v) is 9.28. The van der Waals surface area contributed by atoms with E-state index in [1.807, 2.05) is 12.1 Å². The third-order valence-corrected chi connectivity index (χ3v) is 4.95. The molecule has 3 heteroatoms. The second-order valence-electron chi connectivity index (χ2n) is 7.10. The van der Waals surface area contributed by atoms with Gasteiger partial charge in [-0.3, -0.25) is 4.90 Å². The lowest BCUT2D eigenvalue weighted by molar-refractivity contribution is 0.101. The first-order chi connectivity index (χ1) is 11.6. The summed E-state index contributed by atoms with van der Waals surface area (Å²) in [4.78, 5) is 5.19. The van der Waals surface area contributed by atoms with Gasteiger partial charge >= 0.3 is 0 Å². The molecule has 1 atom stereocenters. The first-order valence-electron chi connectivity index (χ1n) is 8.90. The summed E-state index contributed by atoms with van der Waals surface area (Å²) in [6, 6.07) is 19.5. The number of hydrogen-bond donors (Lipinski definition) is 0. The van der Waals surface area contributed by atoms with Crippen LogP contribution < -0.4 is 0 Å². The summed E-state index contributed by atoms with van der Waals surface area (Å²) in [5.41, 5.74) is 2.68. The lowest BCUT2D eigenvalue weighted by Crippen LogP contribution is -2.48. The third kappa shape index (κ3) is 4.38. The van der Waals surface area contributed by atoms with Crippen LogP contribution >= 0.6 is 11.6 Å². The summed E-state index contributed by atoms with van der Waals surface area (Å²) < 4.78 is 0. The topological polar surface area (TPSA) is 6.48 Å². The fraction of sp³-hybridized carbons (Fsp3) is 0.429. The molecule has 24 heavy (non-hydrogen) atoms. The summed E-state index contributed by atoms with van der Waals surface area (Å²) in [6.07, 6.45) is 0. The quantitative estimate of drug-likeness (QED) is 0.776. The molecular formula is C21H27ClN2. The number of piperazine rings is 1. The van der Waals surface area contributed by atoms with Crippen LogP contribution in [0.25, 0.3) is 0 Å². The van der Waals surface area contributed by atoms with E-state index in [1.165, 1.54) is 17.7 Å². The Kier molecular flexibility index (Phi) is 5.94. The standard InChI is InChI=1S/C21H27ClN2/c1-17(2)16-23-12-14-24(15-13-23)21(18-6-4-3-5-7-18)19-8-10-20(22)11-9-19/h3-11,17,21H,12-16H2,1-2H3/t21-/m0/s1. The van der Waals surface area contributed by atoms with Gasteiger partial charge < -0.3 is 4.90 Å². The van der Waals surface area contributed by atoms with Crippen molar-refractivity contribution >= 4 is 11.6 Å². The average Bonchev–Trinajstić information content (AvgIpc) is 2.59. The summed E-state index contributed by atoms with van der Waals surface area (Å²) in [6.45, 7) is 10.3. The summed E-state index contributed by atoms with van der Waals surface area (Å²) >= 11 is 6.10. The van der Waals surface area contributed by atoms with E-state index in [-0.39, 0.29) is 0 Å². The molecule has 0 spiro atoms. The second kappa shape index (κ2) is 8.15. The zero-order chi connectivity index (χ0) is 16.9. The lowest BCUT2D eigenvalue weighted by atomic mass is 9.96. The molecule has 0 aliphatic carbocycles. The van der Waals surface area contributed by atoms with Crippen molar-refractivity contribution in [2.45, 2.75) is 19.9 Å². The van der Waals surface area contributed by atoms with E-state index in [4.69, 9.17) is 11.6 Å². The van der Waals surface area contributed by atoms with Gasteiger partial charge in [-0.05, 0) is 29.2 Å². The van der Waals surface area contributed by atoms with Gasteiger partial charge in [-0.2, -0.15) is 0 Å². The third-order valence-electron chi connectivity index (χ3n) is 4.70. The van der Waals surface area contributed by atoms with Crippen molar-refractivity contribution in [1.82, 2.24) is 9.80 Å².